The van der Waals surface area contributed by atoms with E-state index in [1.807, 2.05) is 42.1 Å². The van der Waals surface area contributed by atoms with Crippen molar-refractivity contribution in [1.82, 2.24) is 9.29 Å². The van der Waals surface area contributed by atoms with E-state index < -0.39 is 10.0 Å². The lowest BCUT2D eigenvalue weighted by molar-refractivity contribution is 0.581. The summed E-state index contributed by atoms with van der Waals surface area (Å²) in [7, 11) is -1.64. The molecule has 0 aliphatic rings. The first-order chi connectivity index (χ1) is 11.4. The van der Waals surface area contributed by atoms with E-state index in [0.29, 0.717) is 18.0 Å². The van der Waals surface area contributed by atoms with Crippen LogP contribution in [0.4, 0.5) is 0 Å². The lowest BCUT2D eigenvalue weighted by Gasteiger charge is -2.07. The summed E-state index contributed by atoms with van der Waals surface area (Å²) < 4.78 is 29.3. The van der Waals surface area contributed by atoms with Crippen LogP contribution in [-0.2, 0) is 23.5 Å². The maximum absolute atomic E-state index is 12.3. The molecule has 0 fully saturated rings. The third-order valence-electron chi connectivity index (χ3n) is 3.87. The standard InChI is InChI=1S/C17H16Cl2N2O2S/c1-21-11-12(14-4-2-3-5-17(14)21)8-9-20-24(22,23)13-6-7-15(18)16(19)10-13/h2-7,10-11,20H,8-9H2,1H3. The minimum atomic E-state index is -3.62. The molecule has 0 spiro atoms. The van der Waals surface area contributed by atoms with Gasteiger partial charge in [-0.3, -0.25) is 0 Å². The van der Waals surface area contributed by atoms with Gasteiger partial charge in [0.05, 0.1) is 14.9 Å². The lowest BCUT2D eigenvalue weighted by Crippen LogP contribution is -2.26. The van der Waals surface area contributed by atoms with Crippen molar-refractivity contribution in [3.8, 4) is 0 Å². The quantitative estimate of drug-likeness (QED) is 0.724. The Morgan fingerprint density at radius 1 is 1.08 bits per heavy atom. The average Bonchev–Trinajstić information content (AvgIpc) is 2.87. The van der Waals surface area contributed by atoms with Crippen molar-refractivity contribution >= 4 is 44.1 Å². The smallest absolute Gasteiger partial charge is 0.240 e. The van der Waals surface area contributed by atoms with E-state index in [1.54, 1.807) is 0 Å². The fourth-order valence-corrected chi connectivity index (χ4v) is 4.09. The number of benzene rings is 2. The van der Waals surface area contributed by atoms with Crippen LogP contribution < -0.4 is 4.72 Å². The van der Waals surface area contributed by atoms with Gasteiger partial charge in [0.2, 0.25) is 10.0 Å². The second-order valence-electron chi connectivity index (χ2n) is 5.51. The molecule has 24 heavy (non-hydrogen) atoms. The Hall–Kier alpha value is -1.53. The number of rotatable bonds is 5. The Morgan fingerprint density at radius 2 is 1.83 bits per heavy atom. The number of nitrogens with one attached hydrogen (secondary N) is 1. The zero-order valence-corrected chi connectivity index (χ0v) is 15.3. The van der Waals surface area contributed by atoms with Gasteiger partial charge in [-0.25, -0.2) is 13.1 Å². The van der Waals surface area contributed by atoms with Crippen LogP contribution in [0.25, 0.3) is 10.9 Å². The second kappa shape index (κ2) is 6.76. The SMILES string of the molecule is Cn1cc(CCNS(=O)(=O)c2ccc(Cl)c(Cl)c2)c2ccccc21. The van der Waals surface area contributed by atoms with Gasteiger partial charge in [0.1, 0.15) is 0 Å². The molecule has 4 nitrogen and oxygen atoms in total. The third kappa shape index (κ3) is 3.44. The number of halogens is 2. The van der Waals surface area contributed by atoms with Gasteiger partial charge >= 0.3 is 0 Å². The normalized spacial score (nSPS) is 12.0. The molecule has 3 rings (SSSR count). The Labute approximate surface area is 151 Å². The fourth-order valence-electron chi connectivity index (χ4n) is 2.67. The molecule has 0 amide bonds. The second-order valence-corrected chi connectivity index (χ2v) is 8.09. The summed E-state index contributed by atoms with van der Waals surface area (Å²) >= 11 is 11.7. The summed E-state index contributed by atoms with van der Waals surface area (Å²) in [5, 5.41) is 1.67. The minimum Gasteiger partial charge on any atom is -0.350 e. The van der Waals surface area contributed by atoms with Gasteiger partial charge in [0.25, 0.3) is 0 Å². The molecule has 3 aromatic rings. The summed E-state index contributed by atoms with van der Waals surface area (Å²) in [6, 6.07) is 12.3. The molecule has 0 unspecified atom stereocenters. The molecule has 1 N–H and O–H groups in total. The lowest BCUT2D eigenvalue weighted by atomic mass is 10.1. The first-order valence-corrected chi connectivity index (χ1v) is 9.60. The number of nitrogens with zero attached hydrogens (tertiary/aromatic N) is 1. The van der Waals surface area contributed by atoms with E-state index in [-0.39, 0.29) is 9.92 Å². The number of hydrogen-bond acceptors (Lipinski definition) is 2. The maximum Gasteiger partial charge on any atom is 0.240 e. The number of fused-ring (bicyclic) bond motifs is 1. The monoisotopic (exact) mass is 382 g/mol. The first-order valence-electron chi connectivity index (χ1n) is 7.36. The van der Waals surface area contributed by atoms with Gasteiger partial charge in [0, 0.05) is 30.7 Å². The van der Waals surface area contributed by atoms with E-state index >= 15 is 0 Å². The van der Waals surface area contributed by atoms with Gasteiger partial charge in [-0.2, -0.15) is 0 Å². The number of para-hydroxylation sites is 1. The highest BCUT2D eigenvalue weighted by Crippen LogP contribution is 2.25. The van der Waals surface area contributed by atoms with Crippen molar-refractivity contribution in [2.24, 2.45) is 7.05 Å². The molecular formula is C17H16Cl2N2O2S. The molecular weight excluding hydrogens is 367 g/mol. The number of sulfonamides is 1. The molecule has 7 heteroatoms. The molecule has 1 aromatic heterocycles. The van der Waals surface area contributed by atoms with Crippen molar-refractivity contribution in [3.63, 3.8) is 0 Å². The van der Waals surface area contributed by atoms with Crippen molar-refractivity contribution < 1.29 is 8.42 Å². The van der Waals surface area contributed by atoms with Crippen LogP contribution in [0.1, 0.15) is 5.56 Å². The predicted molar refractivity (Wildman–Crippen MR) is 98.3 cm³/mol. The van der Waals surface area contributed by atoms with Crippen LogP contribution >= 0.6 is 23.2 Å². The predicted octanol–water partition coefficient (Wildman–Crippen LogP) is 4.01. The average molecular weight is 383 g/mol. The Bertz CT molecular complexity index is 997. The molecule has 0 saturated carbocycles. The topological polar surface area (TPSA) is 51.1 Å². The van der Waals surface area contributed by atoms with Gasteiger partial charge in [0.15, 0.2) is 0 Å². The van der Waals surface area contributed by atoms with Crippen LogP contribution in [0.5, 0.6) is 0 Å². The summed E-state index contributed by atoms with van der Waals surface area (Å²) in [5.41, 5.74) is 2.23. The zero-order valence-electron chi connectivity index (χ0n) is 13.0. The van der Waals surface area contributed by atoms with E-state index in [4.69, 9.17) is 23.2 Å². The van der Waals surface area contributed by atoms with Gasteiger partial charge in [-0.15, -0.1) is 0 Å². The van der Waals surface area contributed by atoms with Crippen molar-refractivity contribution in [1.29, 1.82) is 0 Å². The number of aryl methyl sites for hydroxylation is 1. The summed E-state index contributed by atoms with van der Waals surface area (Å²) in [6.07, 6.45) is 2.63. The molecule has 0 aliphatic carbocycles. The van der Waals surface area contributed by atoms with Gasteiger partial charge < -0.3 is 4.57 Å². The number of hydrogen-bond donors (Lipinski definition) is 1. The third-order valence-corrected chi connectivity index (χ3v) is 6.06. The van der Waals surface area contributed by atoms with Crippen LogP contribution in [0, 0.1) is 0 Å². The molecule has 0 atom stereocenters. The Balaban J connectivity index is 1.74. The van der Waals surface area contributed by atoms with Crippen molar-refractivity contribution in [3.05, 3.63) is 64.3 Å². The zero-order chi connectivity index (χ0) is 17.3. The molecule has 126 valence electrons. The maximum atomic E-state index is 12.3. The Morgan fingerprint density at radius 3 is 2.58 bits per heavy atom. The van der Waals surface area contributed by atoms with E-state index in [1.165, 1.54) is 18.2 Å². The van der Waals surface area contributed by atoms with Gasteiger partial charge in [-0.1, -0.05) is 41.4 Å². The molecule has 0 saturated heterocycles. The fraction of sp³-hybridized carbons (Fsp3) is 0.176. The summed E-state index contributed by atoms with van der Waals surface area (Å²) in [5.74, 6) is 0. The van der Waals surface area contributed by atoms with E-state index in [0.717, 1.165) is 16.5 Å². The molecule has 0 bridgehead atoms. The summed E-state index contributed by atoms with van der Waals surface area (Å²) in [4.78, 5) is 0.106. The van der Waals surface area contributed by atoms with Crippen molar-refractivity contribution in [2.45, 2.75) is 11.3 Å². The summed E-state index contributed by atoms with van der Waals surface area (Å²) in [6.45, 7) is 0.302. The number of aromatic nitrogens is 1. The van der Waals surface area contributed by atoms with Crippen LogP contribution in [-0.4, -0.2) is 19.5 Å². The highest BCUT2D eigenvalue weighted by Gasteiger charge is 2.15. The molecule has 0 radical (unpaired) electrons. The largest absolute Gasteiger partial charge is 0.350 e. The Kier molecular flexibility index (Phi) is 4.88. The molecule has 0 aliphatic heterocycles. The van der Waals surface area contributed by atoms with Crippen LogP contribution in [0.2, 0.25) is 10.0 Å². The highest BCUT2D eigenvalue weighted by atomic mass is 35.5. The van der Waals surface area contributed by atoms with Gasteiger partial charge in [-0.05, 0) is 36.2 Å². The minimum absolute atomic E-state index is 0.106. The molecule has 2 aromatic carbocycles. The first kappa shape index (κ1) is 17.3. The van der Waals surface area contributed by atoms with E-state index in [9.17, 15) is 8.42 Å². The molecule has 1 heterocycles. The van der Waals surface area contributed by atoms with Crippen LogP contribution in [0.15, 0.2) is 53.6 Å². The van der Waals surface area contributed by atoms with E-state index in [2.05, 4.69) is 4.72 Å². The highest BCUT2D eigenvalue weighted by molar-refractivity contribution is 7.89. The van der Waals surface area contributed by atoms with Crippen molar-refractivity contribution in [2.75, 3.05) is 6.54 Å². The van der Waals surface area contributed by atoms with Crippen LogP contribution in [0.3, 0.4) is 0 Å².